The van der Waals surface area contributed by atoms with Crippen LogP contribution >= 0.6 is 0 Å². The smallest absolute Gasteiger partial charge is 0.850 e. The Labute approximate surface area is 375 Å². The predicted octanol–water partition coefficient (Wildman–Crippen LogP) is 5.88. The number of halogens is 2. The molecule has 0 aliphatic rings. The number of benzene rings is 3. The van der Waals surface area contributed by atoms with Gasteiger partial charge in [0.1, 0.15) is 0 Å². The number of aromatic amines is 1. The number of H-pyrrole nitrogens is 1. The van der Waals surface area contributed by atoms with E-state index in [9.17, 15) is 13.9 Å². The van der Waals surface area contributed by atoms with Crippen molar-refractivity contribution in [3.05, 3.63) is 176 Å². The molecule has 0 bridgehead atoms. The summed E-state index contributed by atoms with van der Waals surface area (Å²) in [6.45, 7) is 4.90. The Balaban J connectivity index is 0.000000206. The van der Waals surface area contributed by atoms with E-state index in [4.69, 9.17) is 0 Å². The van der Waals surface area contributed by atoms with Gasteiger partial charge in [-0.15, -0.1) is 17.7 Å². The van der Waals surface area contributed by atoms with Crippen molar-refractivity contribution < 1.29 is 85.4 Å². The van der Waals surface area contributed by atoms with E-state index in [-0.39, 0.29) is 77.1 Å². The maximum absolute atomic E-state index is 13.2. The van der Waals surface area contributed by atoms with Crippen LogP contribution < -0.4 is 61.6 Å². The summed E-state index contributed by atoms with van der Waals surface area (Å²) in [7, 11) is 0. The summed E-state index contributed by atoms with van der Waals surface area (Å²) < 4.78 is 25.8. The van der Waals surface area contributed by atoms with Gasteiger partial charge in [0.2, 0.25) is 0 Å². The van der Waals surface area contributed by atoms with E-state index in [1.54, 1.807) is 57.6 Å². The SMILES string of the molecule is CC(C)(C)[O-].Fc1c[c-]c(-c2ccccn2)c(F)c1.[Ir].[K+].c1ccc(-c2cc(-c3ccccn3)[n-]n2)cc1.c1ccc(-c2cc(-c3ccccn3)[nH]n2)cc1. The molecule has 0 fully saturated rings. The molecule has 1 radical (unpaired) electrons. The molecule has 8 aromatic rings. The Morgan fingerprint density at radius 2 is 1.11 bits per heavy atom. The van der Waals surface area contributed by atoms with E-state index < -0.39 is 17.2 Å². The molecule has 8 rings (SSSR count). The van der Waals surface area contributed by atoms with Crippen molar-refractivity contribution >= 4 is 0 Å². The fourth-order valence-electron chi connectivity index (χ4n) is 4.57. The number of hydrogen-bond acceptors (Lipinski definition) is 6. The van der Waals surface area contributed by atoms with Crippen LogP contribution in [0.3, 0.4) is 0 Å². The van der Waals surface area contributed by atoms with Crippen molar-refractivity contribution in [2.75, 3.05) is 0 Å². The van der Waals surface area contributed by atoms with E-state index in [0.29, 0.717) is 5.69 Å². The Hall–Kier alpha value is -4.36. The molecule has 0 amide bonds. The summed E-state index contributed by atoms with van der Waals surface area (Å²) in [6.07, 6.45) is 5.08. The maximum atomic E-state index is 13.2. The molecule has 0 aliphatic carbocycles. The molecule has 1 N–H and O–H groups in total. The Morgan fingerprint density at radius 3 is 1.62 bits per heavy atom. The van der Waals surface area contributed by atoms with Crippen molar-refractivity contribution in [2.24, 2.45) is 0 Å². The van der Waals surface area contributed by atoms with E-state index in [2.05, 4.69) is 41.4 Å². The third kappa shape index (κ3) is 15.0. The fraction of sp³-hybridized carbons (Fsp3) is 0.0930. The van der Waals surface area contributed by atoms with Gasteiger partial charge in [-0.2, -0.15) is 5.10 Å². The number of nitrogens with one attached hydrogen (secondary N) is 1. The summed E-state index contributed by atoms with van der Waals surface area (Å²) in [4.78, 5) is 12.5. The molecule has 0 spiro atoms. The molecule has 55 heavy (non-hydrogen) atoms. The third-order valence-electron chi connectivity index (χ3n) is 6.90. The summed E-state index contributed by atoms with van der Waals surface area (Å²) in [5, 5.41) is 25.7. The average molecular weight is 936 g/mol. The minimum absolute atomic E-state index is 0. The molecular formula is C43H36F2IrKN7O-2. The second-order valence-electron chi connectivity index (χ2n) is 12.3. The van der Waals surface area contributed by atoms with E-state index in [0.717, 1.165) is 57.4 Å². The van der Waals surface area contributed by atoms with Crippen molar-refractivity contribution in [1.29, 1.82) is 0 Å². The van der Waals surface area contributed by atoms with Crippen LogP contribution in [0.15, 0.2) is 158 Å². The number of nitrogens with zero attached hydrogens (tertiary/aromatic N) is 6. The van der Waals surface area contributed by atoms with Crippen LogP contribution in [0.4, 0.5) is 8.78 Å². The normalized spacial score (nSPS) is 10.1. The van der Waals surface area contributed by atoms with Gasteiger partial charge in [0.05, 0.1) is 17.1 Å². The number of hydrogen-bond donors (Lipinski definition) is 1. The zero-order chi connectivity index (χ0) is 37.5. The standard InChI is InChI=1S/C14H11N3.C14H10N3.C11H6F2N.C4H9O.Ir.K/c2*1-2-6-11(7-3-1)13-10-14(17-16-13)12-8-4-5-9-15-12;12-8-4-5-9(10(13)7-8)11-3-1-2-6-14-11;1-4(2,3)5;;/h1-10H,(H,16,17);1-10H;1-4,6-7H;1-3H3;;/q;3*-1;;+1. The van der Waals surface area contributed by atoms with Crippen LogP contribution in [-0.4, -0.2) is 35.8 Å². The van der Waals surface area contributed by atoms with Gasteiger partial charge in [-0.25, -0.2) is 0 Å². The van der Waals surface area contributed by atoms with Gasteiger partial charge in [-0.1, -0.05) is 123 Å². The van der Waals surface area contributed by atoms with Gasteiger partial charge in [-0.05, 0) is 53.7 Å². The van der Waals surface area contributed by atoms with E-state index in [1.807, 2.05) is 109 Å². The van der Waals surface area contributed by atoms with Gasteiger partial charge in [-0.3, -0.25) is 23.8 Å². The van der Waals surface area contributed by atoms with Gasteiger partial charge >= 0.3 is 51.4 Å². The van der Waals surface area contributed by atoms with Crippen LogP contribution in [-0.2, 0) is 20.1 Å². The summed E-state index contributed by atoms with van der Waals surface area (Å²) in [5.74, 6) is -1.29. The molecule has 0 aliphatic heterocycles. The molecule has 8 nitrogen and oxygen atoms in total. The third-order valence-corrected chi connectivity index (χ3v) is 6.90. The quantitative estimate of drug-likeness (QED) is 0.169. The first kappa shape index (κ1) is 45.0. The van der Waals surface area contributed by atoms with Crippen molar-refractivity contribution in [2.45, 2.75) is 26.4 Å². The molecule has 0 saturated heterocycles. The zero-order valence-electron chi connectivity index (χ0n) is 30.7. The van der Waals surface area contributed by atoms with Crippen molar-refractivity contribution in [3.8, 4) is 56.5 Å². The van der Waals surface area contributed by atoms with Crippen LogP contribution in [0.25, 0.3) is 56.5 Å². The fourth-order valence-corrected chi connectivity index (χ4v) is 4.57. The zero-order valence-corrected chi connectivity index (χ0v) is 36.2. The molecule has 0 unspecified atom stereocenters. The van der Waals surface area contributed by atoms with Gasteiger partial charge in [0, 0.05) is 67.3 Å². The van der Waals surface area contributed by atoms with Gasteiger partial charge in [0.15, 0.2) is 0 Å². The first-order chi connectivity index (χ1) is 25.6. The van der Waals surface area contributed by atoms with Crippen molar-refractivity contribution in [1.82, 2.24) is 35.3 Å². The van der Waals surface area contributed by atoms with Crippen LogP contribution in [0.5, 0.6) is 0 Å². The molecule has 0 atom stereocenters. The van der Waals surface area contributed by atoms with Gasteiger partial charge < -0.3 is 20.3 Å². The summed E-state index contributed by atoms with van der Waals surface area (Å²) in [5.41, 5.74) is 7.38. The minimum Gasteiger partial charge on any atom is -0.850 e. The van der Waals surface area contributed by atoms with Crippen LogP contribution in [0.1, 0.15) is 20.8 Å². The van der Waals surface area contributed by atoms with E-state index >= 15 is 0 Å². The molecule has 5 aromatic heterocycles. The number of aromatic nitrogens is 7. The monoisotopic (exact) mass is 936 g/mol. The van der Waals surface area contributed by atoms with Crippen LogP contribution in [0, 0.1) is 17.7 Å². The topological polar surface area (TPSA) is 117 Å². The first-order valence-corrected chi connectivity index (χ1v) is 16.6. The second-order valence-corrected chi connectivity index (χ2v) is 12.3. The predicted molar refractivity (Wildman–Crippen MR) is 202 cm³/mol. The summed E-state index contributed by atoms with van der Waals surface area (Å²) in [6, 6.07) is 45.2. The minimum atomic E-state index is -0.750. The Bertz CT molecular complexity index is 2030. The second kappa shape index (κ2) is 22.9. The maximum Gasteiger partial charge on any atom is 1.00 e. The Kier molecular flexibility index (Phi) is 18.7. The molecule has 0 saturated carbocycles. The van der Waals surface area contributed by atoms with Crippen molar-refractivity contribution in [3.63, 3.8) is 0 Å². The van der Waals surface area contributed by atoms with Crippen LogP contribution in [0.2, 0.25) is 0 Å². The molecule has 3 aromatic carbocycles. The molecular weight excluding hydrogens is 900 g/mol. The largest absolute Gasteiger partial charge is 1.00 e. The van der Waals surface area contributed by atoms with E-state index in [1.165, 1.54) is 0 Å². The molecule has 5 heterocycles. The number of pyridine rings is 3. The Morgan fingerprint density at radius 1 is 0.618 bits per heavy atom. The average Bonchev–Trinajstić information content (AvgIpc) is 3.89. The number of rotatable bonds is 5. The molecule has 12 heteroatoms. The molecule has 275 valence electrons. The summed E-state index contributed by atoms with van der Waals surface area (Å²) >= 11 is 0. The van der Waals surface area contributed by atoms with Gasteiger partial charge in [0.25, 0.3) is 0 Å². The first-order valence-electron chi connectivity index (χ1n) is 16.6.